The molecule has 0 fully saturated rings. The number of carbonyl (C=O) groups excluding carboxylic acids is 1. The van der Waals surface area contributed by atoms with Crippen molar-refractivity contribution in [2.45, 2.75) is 13.0 Å². The molecule has 1 atom stereocenters. The minimum atomic E-state index is -0.529. The van der Waals surface area contributed by atoms with Crippen molar-refractivity contribution in [3.8, 4) is 11.5 Å². The van der Waals surface area contributed by atoms with E-state index in [4.69, 9.17) is 28.2 Å². The number of rotatable bonds is 4. The summed E-state index contributed by atoms with van der Waals surface area (Å²) in [6.07, 6.45) is 1.71. The highest BCUT2D eigenvalue weighted by Gasteiger charge is 2.23. The molecule has 4 rings (SSSR count). The van der Waals surface area contributed by atoms with Gasteiger partial charge >= 0.3 is 0 Å². The zero-order chi connectivity index (χ0) is 19.7. The van der Waals surface area contributed by atoms with Gasteiger partial charge in [0.25, 0.3) is 0 Å². The van der Waals surface area contributed by atoms with Crippen molar-refractivity contribution in [2.24, 2.45) is 0 Å². The molecule has 28 heavy (non-hydrogen) atoms. The number of para-hydroxylation sites is 2. The summed E-state index contributed by atoms with van der Waals surface area (Å²) >= 11 is 12.0. The number of fused-ring (bicyclic) bond motifs is 1. The largest absolute Gasteiger partial charge is 0.324 e. The number of halogens is 2. The molecule has 2 heterocycles. The van der Waals surface area contributed by atoms with E-state index in [0.29, 0.717) is 27.3 Å². The predicted molar refractivity (Wildman–Crippen MR) is 113 cm³/mol. The van der Waals surface area contributed by atoms with Crippen LogP contribution in [-0.4, -0.2) is 20.4 Å². The SMILES string of the molecule is CC(C(=O)Nc1ccc(Cl)c(Cl)c1)n1c(-c2ccccn2)nc2ccccc21. The Kier molecular flexibility index (Phi) is 5.03. The molecule has 0 radical (unpaired) electrons. The average molecular weight is 411 g/mol. The highest BCUT2D eigenvalue weighted by molar-refractivity contribution is 6.42. The van der Waals surface area contributed by atoms with Gasteiger partial charge in [0.05, 0.1) is 21.1 Å². The Balaban J connectivity index is 1.74. The quantitative estimate of drug-likeness (QED) is 0.475. The van der Waals surface area contributed by atoms with Crippen molar-refractivity contribution in [3.05, 3.63) is 76.9 Å². The molecule has 0 aliphatic carbocycles. The van der Waals surface area contributed by atoms with Crippen LogP contribution in [-0.2, 0) is 4.79 Å². The zero-order valence-electron chi connectivity index (χ0n) is 14.9. The first-order valence-electron chi connectivity index (χ1n) is 8.69. The van der Waals surface area contributed by atoms with Gasteiger partial charge in [-0.25, -0.2) is 4.98 Å². The van der Waals surface area contributed by atoms with E-state index in [1.54, 1.807) is 24.4 Å². The van der Waals surface area contributed by atoms with Gasteiger partial charge < -0.3 is 9.88 Å². The minimum Gasteiger partial charge on any atom is -0.324 e. The van der Waals surface area contributed by atoms with Crippen LogP contribution in [0, 0.1) is 0 Å². The highest BCUT2D eigenvalue weighted by atomic mass is 35.5. The minimum absolute atomic E-state index is 0.196. The molecule has 140 valence electrons. The number of nitrogens with zero attached hydrogens (tertiary/aromatic N) is 3. The third-order valence-electron chi connectivity index (χ3n) is 4.44. The molecule has 0 aliphatic heterocycles. The monoisotopic (exact) mass is 410 g/mol. The third kappa shape index (κ3) is 3.46. The molecule has 2 aromatic heterocycles. The molecule has 1 unspecified atom stereocenters. The lowest BCUT2D eigenvalue weighted by Gasteiger charge is -2.17. The van der Waals surface area contributed by atoms with Crippen molar-refractivity contribution >= 4 is 45.8 Å². The Morgan fingerprint density at radius 1 is 1.04 bits per heavy atom. The number of pyridine rings is 1. The number of anilines is 1. The van der Waals surface area contributed by atoms with E-state index < -0.39 is 6.04 Å². The summed E-state index contributed by atoms with van der Waals surface area (Å²) in [5.41, 5.74) is 2.94. The van der Waals surface area contributed by atoms with Crippen molar-refractivity contribution < 1.29 is 4.79 Å². The summed E-state index contributed by atoms with van der Waals surface area (Å²) in [4.78, 5) is 22.1. The molecule has 2 aromatic carbocycles. The molecule has 4 aromatic rings. The molecule has 0 aliphatic rings. The van der Waals surface area contributed by atoms with Gasteiger partial charge in [-0.1, -0.05) is 41.4 Å². The second kappa shape index (κ2) is 7.62. The molecule has 0 spiro atoms. The van der Waals surface area contributed by atoms with Crippen molar-refractivity contribution in [2.75, 3.05) is 5.32 Å². The van der Waals surface area contributed by atoms with Crippen LogP contribution in [0.25, 0.3) is 22.6 Å². The van der Waals surface area contributed by atoms with Crippen LogP contribution >= 0.6 is 23.2 Å². The van der Waals surface area contributed by atoms with Gasteiger partial charge in [0.2, 0.25) is 5.91 Å². The van der Waals surface area contributed by atoms with Crippen molar-refractivity contribution in [1.82, 2.24) is 14.5 Å². The second-order valence-electron chi connectivity index (χ2n) is 6.30. The number of carbonyl (C=O) groups is 1. The van der Waals surface area contributed by atoms with Crippen LogP contribution < -0.4 is 5.32 Å². The van der Waals surface area contributed by atoms with E-state index in [2.05, 4.69) is 10.3 Å². The van der Waals surface area contributed by atoms with E-state index in [0.717, 1.165) is 11.0 Å². The molecule has 5 nitrogen and oxygen atoms in total. The van der Waals surface area contributed by atoms with Crippen LogP contribution in [0.5, 0.6) is 0 Å². The smallest absolute Gasteiger partial charge is 0.247 e. The Bertz CT molecular complexity index is 1160. The Morgan fingerprint density at radius 3 is 2.57 bits per heavy atom. The van der Waals surface area contributed by atoms with Crippen LogP contribution in [0.2, 0.25) is 10.0 Å². The third-order valence-corrected chi connectivity index (χ3v) is 5.18. The van der Waals surface area contributed by atoms with Gasteiger partial charge in [-0.15, -0.1) is 0 Å². The zero-order valence-corrected chi connectivity index (χ0v) is 16.4. The lowest BCUT2D eigenvalue weighted by molar-refractivity contribution is -0.118. The van der Waals surface area contributed by atoms with E-state index in [9.17, 15) is 4.79 Å². The summed E-state index contributed by atoms with van der Waals surface area (Å²) in [5, 5.41) is 3.71. The summed E-state index contributed by atoms with van der Waals surface area (Å²) in [5.74, 6) is 0.442. The maximum absolute atomic E-state index is 13.0. The van der Waals surface area contributed by atoms with Crippen LogP contribution in [0.15, 0.2) is 66.9 Å². The molecule has 1 amide bonds. The maximum atomic E-state index is 13.0. The average Bonchev–Trinajstić information content (AvgIpc) is 3.10. The van der Waals surface area contributed by atoms with Gasteiger partial charge in [0, 0.05) is 11.9 Å². The van der Waals surface area contributed by atoms with Crippen LogP contribution in [0.1, 0.15) is 13.0 Å². The Morgan fingerprint density at radius 2 is 1.82 bits per heavy atom. The van der Waals surface area contributed by atoms with Gasteiger partial charge in [0.15, 0.2) is 5.82 Å². The van der Waals surface area contributed by atoms with Gasteiger partial charge in [0.1, 0.15) is 11.7 Å². The molecule has 0 saturated heterocycles. The maximum Gasteiger partial charge on any atom is 0.247 e. The topological polar surface area (TPSA) is 59.8 Å². The fourth-order valence-electron chi connectivity index (χ4n) is 3.05. The number of hydrogen-bond donors (Lipinski definition) is 1. The summed E-state index contributed by atoms with van der Waals surface area (Å²) in [7, 11) is 0. The normalized spacial score (nSPS) is 12.1. The first-order chi connectivity index (χ1) is 13.5. The Labute approximate surface area is 171 Å². The molecule has 0 bridgehead atoms. The fourth-order valence-corrected chi connectivity index (χ4v) is 3.35. The molecular formula is C21H16Cl2N4O. The van der Waals surface area contributed by atoms with E-state index in [-0.39, 0.29) is 5.91 Å². The van der Waals surface area contributed by atoms with Gasteiger partial charge in [-0.3, -0.25) is 9.78 Å². The molecule has 0 saturated carbocycles. The number of imidazole rings is 1. The summed E-state index contributed by atoms with van der Waals surface area (Å²) in [6.45, 7) is 1.83. The molecule has 7 heteroatoms. The van der Waals surface area contributed by atoms with Crippen molar-refractivity contribution in [1.29, 1.82) is 0 Å². The van der Waals surface area contributed by atoms with E-state index >= 15 is 0 Å². The summed E-state index contributed by atoms with van der Waals surface area (Å²) < 4.78 is 1.89. The lowest BCUT2D eigenvalue weighted by atomic mass is 10.2. The predicted octanol–water partition coefficient (Wildman–Crippen LogP) is 5.60. The molecule has 1 N–H and O–H groups in total. The number of aromatic nitrogens is 3. The fraction of sp³-hybridized carbons (Fsp3) is 0.0952. The van der Waals surface area contributed by atoms with Gasteiger partial charge in [-0.05, 0) is 49.4 Å². The number of nitrogens with one attached hydrogen (secondary N) is 1. The van der Waals surface area contributed by atoms with Crippen LogP contribution in [0.3, 0.4) is 0 Å². The van der Waals surface area contributed by atoms with Gasteiger partial charge in [-0.2, -0.15) is 0 Å². The number of hydrogen-bond acceptors (Lipinski definition) is 3. The van der Waals surface area contributed by atoms with E-state index in [1.165, 1.54) is 0 Å². The highest BCUT2D eigenvalue weighted by Crippen LogP contribution is 2.29. The van der Waals surface area contributed by atoms with Crippen LogP contribution in [0.4, 0.5) is 5.69 Å². The lowest BCUT2D eigenvalue weighted by Crippen LogP contribution is -2.24. The molecular weight excluding hydrogens is 395 g/mol. The standard InChI is InChI=1S/C21H16Cl2N4O/c1-13(21(28)25-14-9-10-15(22)16(23)12-14)27-19-8-3-2-6-17(19)26-20(27)18-7-4-5-11-24-18/h2-13H,1H3,(H,25,28). The van der Waals surface area contributed by atoms with Crippen molar-refractivity contribution in [3.63, 3.8) is 0 Å². The second-order valence-corrected chi connectivity index (χ2v) is 7.12. The first kappa shape index (κ1) is 18.5. The Hall–Kier alpha value is -2.89. The first-order valence-corrected chi connectivity index (χ1v) is 9.44. The van der Waals surface area contributed by atoms with E-state index in [1.807, 2.05) is 54.0 Å². The summed E-state index contributed by atoms with van der Waals surface area (Å²) in [6, 6.07) is 17.8. The number of amides is 1. The number of benzene rings is 2.